The van der Waals surface area contributed by atoms with E-state index in [1.807, 2.05) is 12.1 Å². The van der Waals surface area contributed by atoms with Gasteiger partial charge in [0, 0.05) is 12.2 Å². The molecule has 0 heterocycles. The first kappa shape index (κ1) is 22.2. The van der Waals surface area contributed by atoms with Gasteiger partial charge < -0.3 is 20.1 Å². The summed E-state index contributed by atoms with van der Waals surface area (Å²) in [6.45, 7) is -0.0873. The standard InChI is InChI=1S/C20H21FN2O5S/c1-27-17-8-2-14(3-9-17)10-22-18(24)11-28-20(26)13-29-12-19(25)23-16-6-4-15(21)5-7-16/h2-9H,10-13H2,1H3,(H,22,24)(H,23,25). The maximum atomic E-state index is 12.8. The van der Waals surface area contributed by atoms with Crippen molar-refractivity contribution in [2.75, 3.05) is 30.5 Å². The minimum atomic E-state index is -0.593. The molecule has 0 aliphatic heterocycles. The number of halogens is 1. The average Bonchev–Trinajstić information content (AvgIpc) is 2.72. The first-order valence-electron chi connectivity index (χ1n) is 8.64. The highest BCUT2D eigenvalue weighted by Gasteiger charge is 2.10. The number of benzene rings is 2. The molecule has 2 N–H and O–H groups in total. The van der Waals surface area contributed by atoms with Crippen molar-refractivity contribution in [1.29, 1.82) is 0 Å². The van der Waals surface area contributed by atoms with Gasteiger partial charge in [0.25, 0.3) is 5.91 Å². The molecule has 9 heteroatoms. The second-order valence-electron chi connectivity index (χ2n) is 5.83. The molecule has 0 spiro atoms. The Morgan fingerprint density at radius 2 is 1.66 bits per heavy atom. The van der Waals surface area contributed by atoms with E-state index in [4.69, 9.17) is 9.47 Å². The van der Waals surface area contributed by atoms with E-state index in [1.54, 1.807) is 19.2 Å². The van der Waals surface area contributed by atoms with E-state index < -0.39 is 24.3 Å². The number of carbonyl (C=O) groups is 3. The van der Waals surface area contributed by atoms with Crippen molar-refractivity contribution in [2.45, 2.75) is 6.54 Å². The number of rotatable bonds is 10. The minimum Gasteiger partial charge on any atom is -0.497 e. The van der Waals surface area contributed by atoms with Crippen LogP contribution < -0.4 is 15.4 Å². The SMILES string of the molecule is COc1ccc(CNC(=O)COC(=O)CSCC(=O)Nc2ccc(F)cc2)cc1. The molecular formula is C20H21FN2O5S. The first-order chi connectivity index (χ1) is 14.0. The molecule has 0 aromatic heterocycles. The zero-order valence-corrected chi connectivity index (χ0v) is 16.6. The van der Waals surface area contributed by atoms with Crippen LogP contribution in [0.1, 0.15) is 5.56 Å². The van der Waals surface area contributed by atoms with Crippen molar-refractivity contribution < 1.29 is 28.2 Å². The van der Waals surface area contributed by atoms with Gasteiger partial charge in [-0.25, -0.2) is 4.39 Å². The predicted octanol–water partition coefficient (Wildman–Crippen LogP) is 2.37. The quantitative estimate of drug-likeness (QED) is 0.573. The molecule has 0 fully saturated rings. The van der Waals surface area contributed by atoms with Crippen LogP contribution in [0.3, 0.4) is 0 Å². The highest BCUT2D eigenvalue weighted by atomic mass is 32.2. The number of anilines is 1. The molecule has 154 valence electrons. The van der Waals surface area contributed by atoms with Crippen molar-refractivity contribution >= 4 is 35.2 Å². The molecule has 0 aliphatic carbocycles. The number of methoxy groups -OCH3 is 1. The lowest BCUT2D eigenvalue weighted by Gasteiger charge is -2.08. The van der Waals surface area contributed by atoms with E-state index in [0.717, 1.165) is 23.1 Å². The Morgan fingerprint density at radius 3 is 2.31 bits per heavy atom. The van der Waals surface area contributed by atoms with Crippen LogP contribution >= 0.6 is 11.8 Å². The Morgan fingerprint density at radius 1 is 0.966 bits per heavy atom. The molecule has 0 atom stereocenters. The molecule has 0 saturated heterocycles. The summed E-state index contributed by atoms with van der Waals surface area (Å²) in [5.41, 5.74) is 1.35. The van der Waals surface area contributed by atoms with Gasteiger partial charge in [-0.2, -0.15) is 0 Å². The van der Waals surface area contributed by atoms with Gasteiger partial charge >= 0.3 is 5.97 Å². The number of hydrogen-bond donors (Lipinski definition) is 2. The Hall–Kier alpha value is -3.07. The first-order valence-corrected chi connectivity index (χ1v) is 9.80. The van der Waals surface area contributed by atoms with E-state index in [2.05, 4.69) is 10.6 Å². The molecule has 0 saturated carbocycles. The highest BCUT2D eigenvalue weighted by molar-refractivity contribution is 8.00. The van der Waals surface area contributed by atoms with Gasteiger partial charge in [-0.05, 0) is 42.0 Å². The lowest BCUT2D eigenvalue weighted by Crippen LogP contribution is -2.28. The molecule has 0 radical (unpaired) electrons. The summed E-state index contributed by atoms with van der Waals surface area (Å²) in [4.78, 5) is 35.2. The van der Waals surface area contributed by atoms with Crippen LogP contribution in [0.2, 0.25) is 0 Å². The third kappa shape index (κ3) is 8.65. The Balaban J connectivity index is 1.57. The maximum Gasteiger partial charge on any atom is 0.316 e. The molecule has 2 aromatic carbocycles. The number of nitrogens with one attached hydrogen (secondary N) is 2. The molecule has 7 nitrogen and oxygen atoms in total. The number of hydrogen-bond acceptors (Lipinski definition) is 6. The van der Waals surface area contributed by atoms with Gasteiger partial charge in [-0.1, -0.05) is 12.1 Å². The molecule has 2 aromatic rings. The van der Waals surface area contributed by atoms with Crippen LogP contribution in [0, 0.1) is 5.82 Å². The zero-order valence-electron chi connectivity index (χ0n) is 15.8. The third-order valence-corrected chi connectivity index (χ3v) is 4.50. The fourth-order valence-corrected chi connectivity index (χ4v) is 2.75. The van der Waals surface area contributed by atoms with Gasteiger partial charge in [0.05, 0.1) is 18.6 Å². The molecule has 0 aliphatic rings. The minimum absolute atomic E-state index is 0.0240. The topological polar surface area (TPSA) is 93.7 Å². The monoisotopic (exact) mass is 420 g/mol. The van der Waals surface area contributed by atoms with E-state index >= 15 is 0 Å². The molecule has 0 unspecified atom stereocenters. The van der Waals surface area contributed by atoms with E-state index in [-0.39, 0.29) is 17.4 Å². The summed E-state index contributed by atoms with van der Waals surface area (Å²) in [6, 6.07) is 12.6. The number of esters is 1. The maximum absolute atomic E-state index is 12.8. The van der Waals surface area contributed by atoms with Crippen molar-refractivity contribution in [3.8, 4) is 5.75 Å². The number of carbonyl (C=O) groups excluding carboxylic acids is 3. The predicted molar refractivity (Wildman–Crippen MR) is 108 cm³/mol. The van der Waals surface area contributed by atoms with Crippen molar-refractivity contribution in [3.05, 3.63) is 59.9 Å². The summed E-state index contributed by atoms with van der Waals surface area (Å²) >= 11 is 1.05. The van der Waals surface area contributed by atoms with E-state index in [0.29, 0.717) is 12.2 Å². The third-order valence-electron chi connectivity index (χ3n) is 3.59. The summed E-state index contributed by atoms with van der Waals surface area (Å²) in [5.74, 6) is -1.06. The van der Waals surface area contributed by atoms with Gasteiger partial charge in [-0.15, -0.1) is 11.8 Å². The van der Waals surface area contributed by atoms with Gasteiger partial charge in [0.2, 0.25) is 5.91 Å². The Bertz CT molecular complexity index is 828. The highest BCUT2D eigenvalue weighted by Crippen LogP contribution is 2.11. The largest absolute Gasteiger partial charge is 0.497 e. The molecular weight excluding hydrogens is 399 g/mol. The normalized spacial score (nSPS) is 10.1. The molecule has 29 heavy (non-hydrogen) atoms. The zero-order chi connectivity index (χ0) is 21.1. The number of ether oxygens (including phenoxy) is 2. The van der Waals surface area contributed by atoms with Gasteiger partial charge in [-0.3, -0.25) is 14.4 Å². The lowest BCUT2D eigenvalue weighted by molar-refractivity contribution is -0.145. The van der Waals surface area contributed by atoms with Crippen LogP contribution in [0.15, 0.2) is 48.5 Å². The van der Waals surface area contributed by atoms with Crippen LogP contribution in [-0.2, 0) is 25.7 Å². The fourth-order valence-electron chi connectivity index (χ4n) is 2.14. The number of amides is 2. The number of thioether (sulfide) groups is 1. The smallest absolute Gasteiger partial charge is 0.316 e. The van der Waals surface area contributed by atoms with Crippen LogP contribution in [-0.4, -0.2) is 43.0 Å². The van der Waals surface area contributed by atoms with Gasteiger partial charge in [0.15, 0.2) is 6.61 Å². The second-order valence-corrected chi connectivity index (χ2v) is 6.82. The Kier molecular flexibility index (Phi) is 8.97. The average molecular weight is 420 g/mol. The van der Waals surface area contributed by atoms with E-state index in [9.17, 15) is 18.8 Å². The lowest BCUT2D eigenvalue weighted by atomic mass is 10.2. The van der Waals surface area contributed by atoms with Crippen molar-refractivity contribution in [3.63, 3.8) is 0 Å². The molecule has 0 bridgehead atoms. The fraction of sp³-hybridized carbons (Fsp3) is 0.250. The summed E-state index contributed by atoms with van der Waals surface area (Å²) < 4.78 is 22.7. The van der Waals surface area contributed by atoms with Crippen LogP contribution in [0.5, 0.6) is 5.75 Å². The van der Waals surface area contributed by atoms with Crippen molar-refractivity contribution in [1.82, 2.24) is 5.32 Å². The van der Waals surface area contributed by atoms with Crippen molar-refractivity contribution in [2.24, 2.45) is 0 Å². The van der Waals surface area contributed by atoms with Crippen LogP contribution in [0.4, 0.5) is 10.1 Å². The Labute approximate surface area is 172 Å². The summed E-state index contributed by atoms with van der Waals surface area (Å²) in [7, 11) is 1.57. The van der Waals surface area contributed by atoms with E-state index in [1.165, 1.54) is 24.3 Å². The molecule has 2 rings (SSSR count). The second kappa shape index (κ2) is 11.7. The summed E-state index contributed by atoms with van der Waals surface area (Å²) in [6.07, 6.45) is 0. The van der Waals surface area contributed by atoms with Gasteiger partial charge in [0.1, 0.15) is 11.6 Å². The van der Waals surface area contributed by atoms with Crippen LogP contribution in [0.25, 0.3) is 0 Å². The molecule has 2 amide bonds. The summed E-state index contributed by atoms with van der Waals surface area (Å²) in [5, 5.41) is 5.22.